The first-order valence-electron chi connectivity index (χ1n) is 6.37. The summed E-state index contributed by atoms with van der Waals surface area (Å²) in [7, 11) is 3.59. The number of ether oxygens (including phenoxy) is 1. The molecule has 0 bridgehead atoms. The number of benzene rings is 1. The molecule has 0 saturated carbocycles. The van der Waals surface area contributed by atoms with E-state index in [1.54, 1.807) is 19.5 Å². The van der Waals surface area contributed by atoms with Gasteiger partial charge in [0.05, 0.1) is 18.5 Å². The van der Waals surface area contributed by atoms with Crippen LogP contribution in [0.3, 0.4) is 0 Å². The zero-order valence-electron chi connectivity index (χ0n) is 11.4. The minimum absolute atomic E-state index is 0.806. The first-order valence-corrected chi connectivity index (χ1v) is 6.37. The quantitative estimate of drug-likeness (QED) is 0.730. The summed E-state index contributed by atoms with van der Waals surface area (Å²) in [6.07, 6.45) is 3.55. The van der Waals surface area contributed by atoms with E-state index in [4.69, 9.17) is 4.74 Å². The third kappa shape index (κ3) is 2.28. The van der Waals surface area contributed by atoms with Crippen LogP contribution in [-0.2, 0) is 7.05 Å². The van der Waals surface area contributed by atoms with Gasteiger partial charge in [0, 0.05) is 36.6 Å². The Kier molecular flexibility index (Phi) is 3.21. The number of hydrogen-bond donors (Lipinski definition) is 0. The molecule has 0 spiro atoms. The van der Waals surface area contributed by atoms with Crippen LogP contribution in [0.25, 0.3) is 22.5 Å². The second-order valence-electron chi connectivity index (χ2n) is 4.50. The minimum Gasteiger partial charge on any atom is -0.497 e. The molecule has 0 aliphatic heterocycles. The van der Waals surface area contributed by atoms with Crippen LogP contribution in [0, 0.1) is 0 Å². The van der Waals surface area contributed by atoms with E-state index in [-0.39, 0.29) is 0 Å². The molecule has 0 fully saturated rings. The maximum absolute atomic E-state index is 5.24. The molecular formula is C16H15N3O. The van der Waals surface area contributed by atoms with Crippen molar-refractivity contribution in [1.29, 1.82) is 0 Å². The number of aryl methyl sites for hydroxylation is 1. The van der Waals surface area contributed by atoms with Crippen LogP contribution in [0.2, 0.25) is 0 Å². The standard InChI is InChI=1S/C16H15N3O/c1-19-16(7-9-18-19)13-5-3-4-12(10-13)15-11-14(20-2)6-8-17-15/h3-11H,1-2H3. The molecule has 0 unspecified atom stereocenters. The molecule has 1 aromatic carbocycles. The van der Waals surface area contributed by atoms with Gasteiger partial charge in [0.15, 0.2) is 0 Å². The van der Waals surface area contributed by atoms with E-state index in [1.165, 1.54) is 0 Å². The molecule has 0 saturated heterocycles. The van der Waals surface area contributed by atoms with Crippen molar-refractivity contribution in [1.82, 2.24) is 14.8 Å². The highest BCUT2D eigenvalue weighted by Crippen LogP contribution is 2.26. The lowest BCUT2D eigenvalue weighted by molar-refractivity contribution is 0.414. The summed E-state index contributed by atoms with van der Waals surface area (Å²) >= 11 is 0. The molecule has 0 aliphatic rings. The summed E-state index contributed by atoms with van der Waals surface area (Å²) in [5, 5.41) is 4.20. The molecule has 3 rings (SSSR count). The molecule has 0 atom stereocenters. The van der Waals surface area contributed by atoms with Crippen molar-refractivity contribution in [3.63, 3.8) is 0 Å². The molecule has 0 N–H and O–H groups in total. The van der Waals surface area contributed by atoms with E-state index in [1.807, 2.05) is 42.1 Å². The second-order valence-corrected chi connectivity index (χ2v) is 4.50. The van der Waals surface area contributed by atoms with E-state index in [0.717, 1.165) is 28.3 Å². The summed E-state index contributed by atoms with van der Waals surface area (Å²) in [5.41, 5.74) is 4.15. The van der Waals surface area contributed by atoms with Crippen LogP contribution >= 0.6 is 0 Å². The molecule has 2 heterocycles. The average Bonchev–Trinajstić information content (AvgIpc) is 2.94. The van der Waals surface area contributed by atoms with E-state index >= 15 is 0 Å². The van der Waals surface area contributed by atoms with Gasteiger partial charge in [0.2, 0.25) is 0 Å². The van der Waals surface area contributed by atoms with Crippen LogP contribution < -0.4 is 4.74 Å². The van der Waals surface area contributed by atoms with Gasteiger partial charge < -0.3 is 4.74 Å². The maximum atomic E-state index is 5.24. The van der Waals surface area contributed by atoms with Crippen molar-refractivity contribution >= 4 is 0 Å². The van der Waals surface area contributed by atoms with Gasteiger partial charge in [-0.05, 0) is 18.2 Å². The Morgan fingerprint density at radius 3 is 2.60 bits per heavy atom. The van der Waals surface area contributed by atoms with Crippen LogP contribution in [-0.4, -0.2) is 21.9 Å². The number of rotatable bonds is 3. The largest absolute Gasteiger partial charge is 0.497 e. The number of hydrogen-bond acceptors (Lipinski definition) is 3. The van der Waals surface area contributed by atoms with Gasteiger partial charge in [-0.25, -0.2) is 0 Å². The molecule has 100 valence electrons. The second kappa shape index (κ2) is 5.17. The monoisotopic (exact) mass is 265 g/mol. The van der Waals surface area contributed by atoms with Crippen LogP contribution in [0.5, 0.6) is 5.75 Å². The molecule has 0 amide bonds. The lowest BCUT2D eigenvalue weighted by Gasteiger charge is -2.07. The predicted molar refractivity (Wildman–Crippen MR) is 78.4 cm³/mol. The average molecular weight is 265 g/mol. The molecular weight excluding hydrogens is 250 g/mol. The van der Waals surface area contributed by atoms with Gasteiger partial charge in [-0.1, -0.05) is 18.2 Å². The highest BCUT2D eigenvalue weighted by Gasteiger charge is 2.06. The summed E-state index contributed by atoms with van der Waals surface area (Å²) in [6.45, 7) is 0. The third-order valence-corrected chi connectivity index (χ3v) is 3.24. The Morgan fingerprint density at radius 2 is 1.85 bits per heavy atom. The number of methoxy groups -OCH3 is 1. The Morgan fingerprint density at radius 1 is 1.00 bits per heavy atom. The molecule has 20 heavy (non-hydrogen) atoms. The van der Waals surface area contributed by atoms with Crippen LogP contribution in [0.15, 0.2) is 54.9 Å². The zero-order valence-corrected chi connectivity index (χ0v) is 11.4. The fraction of sp³-hybridized carbons (Fsp3) is 0.125. The van der Waals surface area contributed by atoms with Crippen molar-refractivity contribution in [3.8, 4) is 28.3 Å². The van der Waals surface area contributed by atoms with E-state index in [0.29, 0.717) is 0 Å². The third-order valence-electron chi connectivity index (χ3n) is 3.24. The number of nitrogens with zero attached hydrogens (tertiary/aromatic N) is 3. The van der Waals surface area contributed by atoms with Gasteiger partial charge >= 0.3 is 0 Å². The summed E-state index contributed by atoms with van der Waals surface area (Å²) in [5.74, 6) is 0.806. The fourth-order valence-electron chi connectivity index (χ4n) is 2.19. The van der Waals surface area contributed by atoms with E-state index < -0.39 is 0 Å². The molecule has 3 aromatic rings. The predicted octanol–water partition coefficient (Wildman–Crippen LogP) is 3.16. The van der Waals surface area contributed by atoms with Gasteiger partial charge in [-0.2, -0.15) is 5.10 Å². The smallest absolute Gasteiger partial charge is 0.122 e. The Balaban J connectivity index is 2.05. The van der Waals surface area contributed by atoms with E-state index in [2.05, 4.69) is 22.2 Å². The SMILES string of the molecule is COc1ccnc(-c2cccc(-c3ccnn3C)c2)c1. The molecule has 2 aromatic heterocycles. The van der Waals surface area contributed by atoms with Crippen LogP contribution in [0.1, 0.15) is 0 Å². The number of aromatic nitrogens is 3. The highest BCUT2D eigenvalue weighted by molar-refractivity contribution is 5.70. The lowest BCUT2D eigenvalue weighted by atomic mass is 10.1. The minimum atomic E-state index is 0.806. The maximum Gasteiger partial charge on any atom is 0.122 e. The van der Waals surface area contributed by atoms with Gasteiger partial charge in [0.1, 0.15) is 5.75 Å². The highest BCUT2D eigenvalue weighted by atomic mass is 16.5. The Hall–Kier alpha value is -2.62. The van der Waals surface area contributed by atoms with Crippen molar-refractivity contribution in [3.05, 3.63) is 54.9 Å². The first-order chi connectivity index (χ1) is 9.78. The fourth-order valence-corrected chi connectivity index (χ4v) is 2.19. The van der Waals surface area contributed by atoms with E-state index in [9.17, 15) is 0 Å². The van der Waals surface area contributed by atoms with Crippen molar-refractivity contribution in [2.45, 2.75) is 0 Å². The van der Waals surface area contributed by atoms with Crippen molar-refractivity contribution in [2.24, 2.45) is 7.05 Å². The first kappa shape index (κ1) is 12.4. The Labute approximate surface area is 117 Å². The topological polar surface area (TPSA) is 39.9 Å². The van der Waals surface area contributed by atoms with Gasteiger partial charge in [-0.15, -0.1) is 0 Å². The summed E-state index contributed by atoms with van der Waals surface area (Å²) in [6, 6.07) is 14.0. The molecule has 0 radical (unpaired) electrons. The number of pyridine rings is 1. The van der Waals surface area contributed by atoms with Crippen molar-refractivity contribution < 1.29 is 4.74 Å². The summed E-state index contributed by atoms with van der Waals surface area (Å²) < 4.78 is 7.10. The molecule has 0 aliphatic carbocycles. The Bertz CT molecular complexity index is 734. The lowest BCUT2D eigenvalue weighted by Crippen LogP contribution is -1.93. The van der Waals surface area contributed by atoms with Crippen LogP contribution in [0.4, 0.5) is 0 Å². The van der Waals surface area contributed by atoms with Gasteiger partial charge in [-0.3, -0.25) is 9.67 Å². The normalized spacial score (nSPS) is 10.5. The molecule has 4 heteroatoms. The van der Waals surface area contributed by atoms with Crippen molar-refractivity contribution in [2.75, 3.05) is 7.11 Å². The van der Waals surface area contributed by atoms with Gasteiger partial charge in [0.25, 0.3) is 0 Å². The summed E-state index contributed by atoms with van der Waals surface area (Å²) in [4.78, 5) is 4.40. The molecule has 4 nitrogen and oxygen atoms in total. The zero-order chi connectivity index (χ0) is 13.9.